The summed E-state index contributed by atoms with van der Waals surface area (Å²) >= 11 is 0. The van der Waals surface area contributed by atoms with Crippen molar-refractivity contribution in [1.29, 1.82) is 0 Å². The topological polar surface area (TPSA) is 58.6 Å². The van der Waals surface area contributed by atoms with Crippen molar-refractivity contribution in [3.63, 3.8) is 0 Å². The molecule has 2 N–H and O–H groups in total. The minimum atomic E-state index is -0.0122. The van der Waals surface area contributed by atoms with Gasteiger partial charge in [0.2, 0.25) is 5.91 Å². The molecule has 1 rings (SSSR count). The fraction of sp³-hybridized carbons (Fsp3) is 0.417. The molecule has 1 aromatic carbocycles. The number of rotatable bonds is 6. The van der Waals surface area contributed by atoms with E-state index in [1.807, 2.05) is 0 Å². The van der Waals surface area contributed by atoms with Gasteiger partial charge in [-0.2, -0.15) is 0 Å². The summed E-state index contributed by atoms with van der Waals surface area (Å²) < 4.78 is 4.88. The summed E-state index contributed by atoms with van der Waals surface area (Å²) in [6.45, 7) is 1.28. The highest BCUT2D eigenvalue weighted by Gasteiger charge is 2.02. The van der Waals surface area contributed by atoms with Gasteiger partial charge in [0.15, 0.2) is 0 Å². The maximum absolute atomic E-state index is 11.4. The highest BCUT2D eigenvalue weighted by Crippen LogP contribution is 2.09. The van der Waals surface area contributed by atoms with Crippen LogP contribution in [0.4, 0.5) is 0 Å². The lowest BCUT2D eigenvalue weighted by Gasteiger charge is -2.04. The molecule has 1 amide bonds. The zero-order valence-corrected chi connectivity index (χ0v) is 9.40. The molecule has 0 aliphatic heterocycles. The van der Waals surface area contributed by atoms with E-state index in [1.165, 1.54) is 0 Å². The predicted molar refractivity (Wildman–Crippen MR) is 61.3 cm³/mol. The Morgan fingerprint density at radius 2 is 2.06 bits per heavy atom. The molecular weight excluding hydrogens is 206 g/mol. The summed E-state index contributed by atoms with van der Waals surface area (Å²) in [7, 11) is 1.64. The molecule has 4 heteroatoms. The first-order valence-corrected chi connectivity index (χ1v) is 5.26. The van der Waals surface area contributed by atoms with Crippen LogP contribution in [0.15, 0.2) is 24.3 Å². The zero-order chi connectivity index (χ0) is 11.8. The third-order valence-electron chi connectivity index (χ3n) is 2.15. The number of amides is 1. The van der Waals surface area contributed by atoms with E-state index in [0.717, 1.165) is 12.0 Å². The van der Waals surface area contributed by atoms with Gasteiger partial charge >= 0.3 is 0 Å². The fourth-order valence-electron chi connectivity index (χ4n) is 1.31. The normalized spacial score (nSPS) is 10.1. The summed E-state index contributed by atoms with van der Waals surface area (Å²) in [6, 6.07) is 6.63. The number of benzene rings is 1. The van der Waals surface area contributed by atoms with E-state index in [0.29, 0.717) is 19.6 Å². The Hall–Kier alpha value is -1.55. The molecule has 0 unspecified atom stereocenters. The van der Waals surface area contributed by atoms with Gasteiger partial charge in [0.05, 0.1) is 6.42 Å². The minimum Gasteiger partial charge on any atom is -0.508 e. The molecule has 16 heavy (non-hydrogen) atoms. The van der Waals surface area contributed by atoms with Crippen LogP contribution in [0.25, 0.3) is 0 Å². The van der Waals surface area contributed by atoms with E-state index >= 15 is 0 Å². The molecule has 0 saturated carbocycles. The Bertz CT molecular complexity index is 322. The highest BCUT2D eigenvalue weighted by atomic mass is 16.5. The van der Waals surface area contributed by atoms with E-state index in [1.54, 1.807) is 31.4 Å². The molecule has 0 fully saturated rings. The lowest BCUT2D eigenvalue weighted by Crippen LogP contribution is -2.26. The first kappa shape index (κ1) is 12.5. The number of aromatic hydroxyl groups is 1. The lowest BCUT2D eigenvalue weighted by atomic mass is 10.1. The molecule has 0 aliphatic rings. The Balaban J connectivity index is 2.26. The number of carbonyl (C=O) groups is 1. The Kier molecular flexibility index (Phi) is 5.36. The molecule has 0 heterocycles. The predicted octanol–water partition coefficient (Wildman–Crippen LogP) is 1.09. The van der Waals surface area contributed by atoms with Crippen LogP contribution in [-0.4, -0.2) is 31.3 Å². The van der Waals surface area contributed by atoms with Crippen LogP contribution < -0.4 is 5.32 Å². The number of nitrogens with one attached hydrogen (secondary N) is 1. The summed E-state index contributed by atoms with van der Waals surface area (Å²) in [5.41, 5.74) is 0.891. The van der Waals surface area contributed by atoms with Gasteiger partial charge in [-0.15, -0.1) is 0 Å². The zero-order valence-electron chi connectivity index (χ0n) is 9.40. The van der Waals surface area contributed by atoms with Gasteiger partial charge in [0.1, 0.15) is 5.75 Å². The number of methoxy groups -OCH3 is 1. The van der Waals surface area contributed by atoms with Gasteiger partial charge in [-0.1, -0.05) is 12.1 Å². The van der Waals surface area contributed by atoms with Crippen molar-refractivity contribution in [1.82, 2.24) is 5.32 Å². The van der Waals surface area contributed by atoms with Gasteiger partial charge in [0.25, 0.3) is 0 Å². The van der Waals surface area contributed by atoms with Crippen LogP contribution in [0, 0.1) is 0 Å². The van der Waals surface area contributed by atoms with Crippen molar-refractivity contribution in [2.75, 3.05) is 20.3 Å². The lowest BCUT2D eigenvalue weighted by molar-refractivity contribution is -0.120. The van der Waals surface area contributed by atoms with Crippen molar-refractivity contribution < 1.29 is 14.6 Å². The van der Waals surface area contributed by atoms with Crippen LogP contribution in [0.2, 0.25) is 0 Å². The number of hydrogen-bond donors (Lipinski definition) is 2. The Labute approximate surface area is 95.2 Å². The first-order chi connectivity index (χ1) is 7.72. The summed E-state index contributed by atoms with van der Waals surface area (Å²) in [4.78, 5) is 11.4. The maximum Gasteiger partial charge on any atom is 0.224 e. The number of carbonyl (C=O) groups excluding carboxylic acids is 1. The average molecular weight is 223 g/mol. The maximum atomic E-state index is 11.4. The SMILES string of the molecule is COCCCNC(=O)Cc1ccc(O)cc1. The van der Waals surface area contributed by atoms with Gasteiger partial charge in [-0.3, -0.25) is 4.79 Å². The first-order valence-electron chi connectivity index (χ1n) is 5.26. The van der Waals surface area contributed by atoms with Crippen molar-refractivity contribution in [3.8, 4) is 5.75 Å². The van der Waals surface area contributed by atoms with Gasteiger partial charge in [0, 0.05) is 20.3 Å². The number of phenolic OH excluding ortho intramolecular Hbond substituents is 1. The molecule has 1 aromatic rings. The summed E-state index contributed by atoms with van der Waals surface area (Å²) in [5, 5.41) is 11.9. The van der Waals surface area contributed by atoms with Crippen LogP contribution in [0.5, 0.6) is 5.75 Å². The second kappa shape index (κ2) is 6.85. The van der Waals surface area contributed by atoms with Crippen molar-refractivity contribution >= 4 is 5.91 Å². The smallest absolute Gasteiger partial charge is 0.224 e. The molecular formula is C12H17NO3. The van der Waals surface area contributed by atoms with Crippen LogP contribution in [-0.2, 0) is 16.0 Å². The van der Waals surface area contributed by atoms with Crippen LogP contribution in [0.3, 0.4) is 0 Å². The molecule has 0 spiro atoms. The number of phenols is 1. The third kappa shape index (κ3) is 4.79. The quantitative estimate of drug-likeness (QED) is 0.710. The van der Waals surface area contributed by atoms with E-state index in [9.17, 15) is 4.79 Å². The van der Waals surface area contributed by atoms with Crippen molar-refractivity contribution in [2.45, 2.75) is 12.8 Å². The van der Waals surface area contributed by atoms with Crippen LogP contribution >= 0.6 is 0 Å². The summed E-state index contributed by atoms with van der Waals surface area (Å²) in [6.07, 6.45) is 1.16. The average Bonchev–Trinajstić information content (AvgIpc) is 2.28. The second-order valence-electron chi connectivity index (χ2n) is 3.54. The van der Waals surface area contributed by atoms with E-state index < -0.39 is 0 Å². The van der Waals surface area contributed by atoms with Crippen molar-refractivity contribution in [3.05, 3.63) is 29.8 Å². The number of ether oxygens (including phenoxy) is 1. The Morgan fingerprint density at radius 3 is 2.69 bits per heavy atom. The standard InChI is InChI=1S/C12H17NO3/c1-16-8-2-7-13-12(15)9-10-3-5-11(14)6-4-10/h3-6,14H,2,7-9H2,1H3,(H,13,15). The molecule has 0 saturated heterocycles. The van der Waals surface area contributed by atoms with Gasteiger partial charge in [-0.25, -0.2) is 0 Å². The molecule has 0 aromatic heterocycles. The number of hydrogen-bond acceptors (Lipinski definition) is 3. The minimum absolute atomic E-state index is 0.0122. The molecule has 0 radical (unpaired) electrons. The van der Waals surface area contributed by atoms with E-state index in [2.05, 4.69) is 5.32 Å². The summed E-state index contributed by atoms with van der Waals surface area (Å²) in [5.74, 6) is 0.200. The third-order valence-corrected chi connectivity index (χ3v) is 2.15. The van der Waals surface area contributed by atoms with E-state index in [-0.39, 0.29) is 11.7 Å². The van der Waals surface area contributed by atoms with E-state index in [4.69, 9.17) is 9.84 Å². The monoisotopic (exact) mass is 223 g/mol. The second-order valence-corrected chi connectivity index (χ2v) is 3.54. The van der Waals surface area contributed by atoms with Gasteiger partial charge < -0.3 is 15.2 Å². The molecule has 4 nitrogen and oxygen atoms in total. The Morgan fingerprint density at radius 1 is 1.38 bits per heavy atom. The van der Waals surface area contributed by atoms with Gasteiger partial charge in [-0.05, 0) is 24.1 Å². The van der Waals surface area contributed by atoms with Crippen LogP contribution in [0.1, 0.15) is 12.0 Å². The molecule has 0 bridgehead atoms. The molecule has 0 aliphatic carbocycles. The fourth-order valence-corrected chi connectivity index (χ4v) is 1.31. The molecule has 88 valence electrons. The van der Waals surface area contributed by atoms with Crippen molar-refractivity contribution in [2.24, 2.45) is 0 Å². The largest absolute Gasteiger partial charge is 0.508 e. The molecule has 0 atom stereocenters. The highest BCUT2D eigenvalue weighted by molar-refractivity contribution is 5.78.